The minimum Gasteiger partial charge on any atom is -0.392 e. The first kappa shape index (κ1) is 14.9. The maximum absolute atomic E-state index is 11.8. The number of carbonyl (C=O) groups is 2. The molecule has 0 aliphatic carbocycles. The van der Waals surface area contributed by atoms with Gasteiger partial charge in [-0.25, -0.2) is 0 Å². The number of fused-ring (bicyclic) bond motifs is 2. The third kappa shape index (κ3) is 3.18. The predicted molar refractivity (Wildman–Crippen MR) is 88.1 cm³/mol. The second-order valence-electron chi connectivity index (χ2n) is 5.24. The van der Waals surface area contributed by atoms with Gasteiger partial charge in [0.05, 0.1) is 22.1 Å². The van der Waals surface area contributed by atoms with Gasteiger partial charge >= 0.3 is 24.0 Å². The fraction of sp³-hybridized carbons (Fsp3) is 0.0588. The second-order valence-corrected chi connectivity index (χ2v) is 5.24. The molecule has 4 rings (SSSR count). The number of aromatic nitrogens is 4. The number of esters is 2. The summed E-state index contributed by atoms with van der Waals surface area (Å²) in [6, 6.07) is 14.5. The number of nitrogens with zero attached hydrogens (tertiary/aromatic N) is 2. The lowest BCUT2D eigenvalue weighted by atomic mass is 10.3. The fourth-order valence-electron chi connectivity index (χ4n) is 2.36. The zero-order valence-electron chi connectivity index (χ0n) is 12.9. The average molecular weight is 336 g/mol. The van der Waals surface area contributed by atoms with E-state index in [1.54, 1.807) is 24.3 Å². The Morgan fingerprint density at radius 3 is 1.64 bits per heavy atom. The lowest BCUT2D eigenvalue weighted by molar-refractivity contribution is -0.144. The van der Waals surface area contributed by atoms with Crippen LogP contribution >= 0.6 is 0 Å². The number of carbonyl (C=O) groups excluding carboxylic acids is 2. The van der Waals surface area contributed by atoms with Gasteiger partial charge in [0.15, 0.2) is 0 Å². The Kier molecular flexibility index (Phi) is 3.62. The second kappa shape index (κ2) is 6.08. The zero-order valence-corrected chi connectivity index (χ0v) is 12.9. The molecule has 0 atom stereocenters. The molecule has 0 spiro atoms. The maximum Gasteiger partial charge on any atom is 0.324 e. The lowest BCUT2D eigenvalue weighted by Gasteiger charge is -2.00. The van der Waals surface area contributed by atoms with Gasteiger partial charge in [-0.2, -0.15) is 9.97 Å². The Bertz CT molecular complexity index is 930. The molecule has 0 radical (unpaired) electrons. The van der Waals surface area contributed by atoms with Crippen molar-refractivity contribution in [1.82, 2.24) is 19.9 Å². The molecule has 2 aromatic heterocycles. The fourth-order valence-corrected chi connectivity index (χ4v) is 2.36. The number of benzene rings is 2. The third-order valence-electron chi connectivity index (χ3n) is 3.44. The molecule has 0 unspecified atom stereocenters. The molecule has 4 aromatic rings. The molecule has 124 valence electrons. The smallest absolute Gasteiger partial charge is 0.324 e. The van der Waals surface area contributed by atoms with Gasteiger partial charge in [0, 0.05) is 0 Å². The number of hydrogen-bond acceptors (Lipinski definition) is 6. The standard InChI is InChI=1S/C17H12N4O4/c22-14(24-16-18-10-5-1-2-6-11(10)19-16)9-15(23)25-17-20-12-7-3-4-8-13(12)21-17/h1-8H,9H2,(H,18,19)(H,20,21). The quantitative estimate of drug-likeness (QED) is 0.437. The summed E-state index contributed by atoms with van der Waals surface area (Å²) in [4.78, 5) is 37.6. The van der Waals surface area contributed by atoms with E-state index in [-0.39, 0.29) is 12.0 Å². The highest BCUT2D eigenvalue weighted by Gasteiger charge is 2.17. The molecule has 0 bridgehead atoms. The van der Waals surface area contributed by atoms with Crippen LogP contribution in [-0.2, 0) is 9.59 Å². The van der Waals surface area contributed by atoms with Crippen LogP contribution in [0.2, 0.25) is 0 Å². The summed E-state index contributed by atoms with van der Waals surface area (Å²) in [6.45, 7) is 0. The van der Waals surface area contributed by atoms with Gasteiger partial charge in [-0.05, 0) is 24.3 Å². The average Bonchev–Trinajstić information content (AvgIpc) is 3.16. The van der Waals surface area contributed by atoms with Crippen LogP contribution in [0.1, 0.15) is 6.42 Å². The topological polar surface area (TPSA) is 110 Å². The van der Waals surface area contributed by atoms with Crippen LogP contribution in [0.15, 0.2) is 48.5 Å². The van der Waals surface area contributed by atoms with Crippen molar-refractivity contribution in [1.29, 1.82) is 0 Å². The summed E-state index contributed by atoms with van der Waals surface area (Å²) < 4.78 is 10.1. The summed E-state index contributed by atoms with van der Waals surface area (Å²) in [5.41, 5.74) is 2.79. The number of rotatable bonds is 4. The molecule has 2 N–H and O–H groups in total. The molecule has 0 aliphatic rings. The Labute approximate surface area is 140 Å². The largest absolute Gasteiger partial charge is 0.392 e. The number of para-hydroxylation sites is 4. The van der Waals surface area contributed by atoms with E-state index in [1.165, 1.54) is 0 Å². The van der Waals surface area contributed by atoms with Crippen LogP contribution in [0.3, 0.4) is 0 Å². The predicted octanol–water partition coefficient (Wildman–Crippen LogP) is 2.34. The van der Waals surface area contributed by atoms with E-state index in [0.717, 1.165) is 11.0 Å². The van der Waals surface area contributed by atoms with Crippen LogP contribution in [0.25, 0.3) is 22.1 Å². The maximum atomic E-state index is 11.8. The molecule has 2 heterocycles. The third-order valence-corrected chi connectivity index (χ3v) is 3.44. The molecular weight excluding hydrogens is 324 g/mol. The first-order valence-electron chi connectivity index (χ1n) is 7.48. The highest BCUT2D eigenvalue weighted by Crippen LogP contribution is 2.17. The van der Waals surface area contributed by atoms with E-state index in [0.29, 0.717) is 11.0 Å². The minimum absolute atomic E-state index is 0.0303. The summed E-state index contributed by atoms with van der Waals surface area (Å²) in [7, 11) is 0. The van der Waals surface area contributed by atoms with Crippen molar-refractivity contribution in [3.8, 4) is 12.0 Å². The van der Waals surface area contributed by atoms with Gasteiger partial charge in [-0.1, -0.05) is 24.3 Å². The molecule has 0 amide bonds. The minimum atomic E-state index is -0.778. The highest BCUT2D eigenvalue weighted by atomic mass is 16.6. The van der Waals surface area contributed by atoms with Gasteiger partial charge in [-0.15, -0.1) is 0 Å². The van der Waals surface area contributed by atoms with Crippen molar-refractivity contribution in [3.63, 3.8) is 0 Å². The van der Waals surface area contributed by atoms with Crippen LogP contribution in [0.5, 0.6) is 12.0 Å². The summed E-state index contributed by atoms with van der Waals surface area (Å²) in [5, 5.41) is 0. The molecule has 2 aromatic carbocycles. The van der Waals surface area contributed by atoms with Crippen molar-refractivity contribution in [2.75, 3.05) is 0 Å². The highest BCUT2D eigenvalue weighted by molar-refractivity contribution is 5.93. The molecule has 0 saturated heterocycles. The molecule has 8 nitrogen and oxygen atoms in total. The molecule has 0 saturated carbocycles. The number of hydrogen-bond donors (Lipinski definition) is 2. The van der Waals surface area contributed by atoms with Crippen LogP contribution in [0, 0.1) is 0 Å². The monoisotopic (exact) mass is 336 g/mol. The molecular formula is C17H12N4O4. The first-order chi connectivity index (χ1) is 12.2. The van der Waals surface area contributed by atoms with Crippen molar-refractivity contribution in [2.24, 2.45) is 0 Å². The van der Waals surface area contributed by atoms with E-state index in [2.05, 4.69) is 19.9 Å². The lowest BCUT2D eigenvalue weighted by Crippen LogP contribution is -2.18. The Morgan fingerprint density at radius 2 is 1.20 bits per heavy atom. The summed E-state index contributed by atoms with van der Waals surface area (Å²) >= 11 is 0. The van der Waals surface area contributed by atoms with Crippen LogP contribution in [0.4, 0.5) is 0 Å². The van der Waals surface area contributed by atoms with E-state index >= 15 is 0 Å². The van der Waals surface area contributed by atoms with E-state index in [1.807, 2.05) is 24.3 Å². The van der Waals surface area contributed by atoms with E-state index < -0.39 is 18.4 Å². The number of nitrogens with one attached hydrogen (secondary N) is 2. The van der Waals surface area contributed by atoms with Crippen LogP contribution < -0.4 is 9.47 Å². The van der Waals surface area contributed by atoms with Crippen molar-refractivity contribution < 1.29 is 19.1 Å². The normalized spacial score (nSPS) is 10.9. The van der Waals surface area contributed by atoms with E-state index in [4.69, 9.17) is 9.47 Å². The van der Waals surface area contributed by atoms with Gasteiger partial charge in [0.25, 0.3) is 0 Å². The summed E-state index contributed by atoms with van der Waals surface area (Å²) in [5.74, 6) is -1.56. The number of H-pyrrole nitrogens is 2. The van der Waals surface area contributed by atoms with E-state index in [9.17, 15) is 9.59 Å². The van der Waals surface area contributed by atoms with Gasteiger partial charge in [0.1, 0.15) is 6.42 Å². The molecule has 0 fully saturated rings. The molecule has 8 heteroatoms. The zero-order chi connectivity index (χ0) is 17.2. The molecule has 0 aliphatic heterocycles. The molecule has 25 heavy (non-hydrogen) atoms. The Hall–Kier alpha value is -3.68. The Balaban J connectivity index is 1.39. The number of ether oxygens (including phenoxy) is 2. The van der Waals surface area contributed by atoms with Gasteiger partial charge in [0.2, 0.25) is 0 Å². The van der Waals surface area contributed by atoms with Crippen molar-refractivity contribution in [2.45, 2.75) is 6.42 Å². The van der Waals surface area contributed by atoms with Crippen molar-refractivity contribution >= 4 is 34.0 Å². The SMILES string of the molecule is O=C(CC(=O)Oc1nc2ccccc2[nH]1)Oc1nc2ccccc2[nH]1. The number of imidazole rings is 2. The van der Waals surface area contributed by atoms with Gasteiger partial charge in [-0.3, -0.25) is 9.59 Å². The van der Waals surface area contributed by atoms with Crippen LogP contribution in [-0.4, -0.2) is 31.9 Å². The number of aromatic amines is 2. The van der Waals surface area contributed by atoms with Gasteiger partial charge < -0.3 is 19.4 Å². The summed E-state index contributed by atoms with van der Waals surface area (Å²) in [6.07, 6.45) is -0.561. The Morgan fingerprint density at radius 1 is 0.760 bits per heavy atom. The van der Waals surface area contributed by atoms with Crippen molar-refractivity contribution in [3.05, 3.63) is 48.5 Å². The first-order valence-corrected chi connectivity index (χ1v) is 7.48.